The topological polar surface area (TPSA) is 170 Å². The van der Waals surface area contributed by atoms with Crippen molar-refractivity contribution in [1.29, 1.82) is 0 Å². The molecular weight excluding hydrogens is 340 g/mol. The monoisotopic (exact) mass is 356 g/mol. The van der Waals surface area contributed by atoms with Crippen LogP contribution in [0.15, 0.2) is 27.4 Å². The van der Waals surface area contributed by atoms with E-state index in [0.717, 1.165) is 12.1 Å². The predicted molar refractivity (Wildman–Crippen MR) is 80.2 cm³/mol. The molecule has 5 atom stereocenters. The predicted octanol–water partition coefficient (Wildman–Crippen LogP) is -1.62. The summed E-state index contributed by atoms with van der Waals surface area (Å²) in [7, 11) is 0. The van der Waals surface area contributed by atoms with Gasteiger partial charge >= 0.3 is 5.63 Å². The van der Waals surface area contributed by atoms with Gasteiger partial charge in [0.05, 0.1) is 6.61 Å². The summed E-state index contributed by atoms with van der Waals surface area (Å²) in [5.41, 5.74) is -1.00. The maximum atomic E-state index is 11.3. The molecule has 0 bridgehead atoms. The smallest absolute Gasteiger partial charge is 0.336 e. The lowest BCUT2D eigenvalue weighted by Gasteiger charge is -2.39. The molecule has 0 radical (unpaired) electrons. The second-order valence-electron chi connectivity index (χ2n) is 5.56. The number of rotatable bonds is 3. The van der Waals surface area contributed by atoms with Crippen LogP contribution in [0.3, 0.4) is 0 Å². The van der Waals surface area contributed by atoms with Gasteiger partial charge in [-0.25, -0.2) is 4.79 Å². The van der Waals surface area contributed by atoms with Gasteiger partial charge in [0.15, 0.2) is 11.3 Å². The van der Waals surface area contributed by atoms with Gasteiger partial charge < -0.3 is 44.5 Å². The van der Waals surface area contributed by atoms with Crippen molar-refractivity contribution < 1.29 is 44.5 Å². The van der Waals surface area contributed by atoms with Gasteiger partial charge in [0, 0.05) is 11.5 Å². The Kier molecular flexibility index (Phi) is 4.54. The zero-order valence-corrected chi connectivity index (χ0v) is 12.6. The Labute approximate surface area is 139 Å². The lowest BCUT2D eigenvalue weighted by molar-refractivity contribution is -0.277. The molecule has 3 rings (SSSR count). The quantitative estimate of drug-likeness (QED) is 0.351. The Bertz CT molecular complexity index is 829. The van der Waals surface area contributed by atoms with E-state index in [1.807, 2.05) is 0 Å². The minimum absolute atomic E-state index is 0.218. The highest BCUT2D eigenvalue weighted by Gasteiger charge is 2.45. The summed E-state index contributed by atoms with van der Waals surface area (Å²) in [5, 5.41) is 59.0. The van der Waals surface area contributed by atoms with E-state index >= 15 is 0 Å². The second-order valence-corrected chi connectivity index (χ2v) is 5.56. The average Bonchev–Trinajstić information content (AvgIpc) is 2.59. The molecule has 0 aliphatic carbocycles. The summed E-state index contributed by atoms with van der Waals surface area (Å²) in [6.45, 7) is -0.671. The summed E-state index contributed by atoms with van der Waals surface area (Å²) < 4.78 is 15.2. The van der Waals surface area contributed by atoms with Crippen LogP contribution in [0.1, 0.15) is 0 Å². The third-order valence-electron chi connectivity index (χ3n) is 3.90. The molecular formula is C15H16O10. The van der Waals surface area contributed by atoms with Gasteiger partial charge in [0.1, 0.15) is 24.4 Å². The summed E-state index contributed by atoms with van der Waals surface area (Å²) in [4.78, 5) is 11.3. The lowest BCUT2D eigenvalue weighted by Crippen LogP contribution is -2.60. The molecule has 6 N–H and O–H groups in total. The third kappa shape index (κ3) is 3.01. The van der Waals surface area contributed by atoms with Crippen molar-refractivity contribution in [2.75, 3.05) is 6.61 Å². The molecule has 1 aromatic heterocycles. The van der Waals surface area contributed by atoms with Gasteiger partial charge in [-0.2, -0.15) is 0 Å². The number of hydrogen-bond acceptors (Lipinski definition) is 10. The maximum Gasteiger partial charge on any atom is 0.336 e. The number of hydrogen-bond donors (Lipinski definition) is 6. The molecule has 1 aliphatic heterocycles. The van der Waals surface area contributed by atoms with E-state index < -0.39 is 60.2 Å². The molecule has 25 heavy (non-hydrogen) atoms. The second kappa shape index (κ2) is 6.50. The van der Waals surface area contributed by atoms with Crippen LogP contribution in [0.4, 0.5) is 0 Å². The van der Waals surface area contributed by atoms with Crippen molar-refractivity contribution in [2.45, 2.75) is 30.7 Å². The van der Waals surface area contributed by atoms with Crippen LogP contribution < -0.4 is 10.4 Å². The molecule has 0 spiro atoms. The van der Waals surface area contributed by atoms with E-state index in [1.165, 1.54) is 6.07 Å². The number of phenols is 2. The number of fused-ring (bicyclic) bond motifs is 1. The zero-order chi connectivity index (χ0) is 18.3. The van der Waals surface area contributed by atoms with Crippen LogP contribution in [0.2, 0.25) is 0 Å². The molecule has 2 heterocycles. The number of aromatic hydroxyl groups is 2. The van der Waals surface area contributed by atoms with Crippen LogP contribution >= 0.6 is 0 Å². The first-order valence-corrected chi connectivity index (χ1v) is 7.29. The molecule has 1 saturated heterocycles. The van der Waals surface area contributed by atoms with E-state index in [0.29, 0.717) is 0 Å². The van der Waals surface area contributed by atoms with E-state index in [9.17, 15) is 30.3 Å². The molecule has 1 fully saturated rings. The van der Waals surface area contributed by atoms with Gasteiger partial charge in [-0.3, -0.25) is 0 Å². The average molecular weight is 356 g/mol. The number of benzene rings is 1. The first kappa shape index (κ1) is 17.5. The van der Waals surface area contributed by atoms with Gasteiger partial charge in [-0.15, -0.1) is 0 Å². The largest absolute Gasteiger partial charge is 0.504 e. The molecule has 0 amide bonds. The van der Waals surface area contributed by atoms with E-state index in [2.05, 4.69) is 0 Å². The Morgan fingerprint density at radius 3 is 2.48 bits per heavy atom. The van der Waals surface area contributed by atoms with Gasteiger partial charge in [-0.05, 0) is 12.1 Å². The summed E-state index contributed by atoms with van der Waals surface area (Å²) in [6, 6.07) is 3.56. The van der Waals surface area contributed by atoms with Gasteiger partial charge in [0.25, 0.3) is 0 Å². The molecule has 0 saturated carbocycles. The molecule has 10 nitrogen and oxygen atoms in total. The van der Waals surface area contributed by atoms with Crippen LogP contribution in [-0.4, -0.2) is 68.0 Å². The number of aliphatic hydroxyl groups excluding tert-OH is 4. The first-order chi connectivity index (χ1) is 11.8. The van der Waals surface area contributed by atoms with Crippen molar-refractivity contribution in [3.05, 3.63) is 28.6 Å². The van der Waals surface area contributed by atoms with Gasteiger partial charge in [0.2, 0.25) is 17.8 Å². The van der Waals surface area contributed by atoms with Crippen molar-refractivity contribution in [1.82, 2.24) is 0 Å². The van der Waals surface area contributed by atoms with Crippen LogP contribution in [0.5, 0.6) is 17.2 Å². The fourth-order valence-corrected chi connectivity index (χ4v) is 2.56. The fraction of sp³-hybridized carbons (Fsp3) is 0.400. The van der Waals surface area contributed by atoms with E-state index in [-0.39, 0.29) is 11.0 Å². The minimum atomic E-state index is -1.74. The lowest BCUT2D eigenvalue weighted by atomic mass is 9.99. The molecule has 2 aromatic rings. The van der Waals surface area contributed by atoms with Crippen LogP contribution in [-0.2, 0) is 4.74 Å². The number of phenolic OH excluding ortho intramolecular Hbond substituents is 2. The van der Waals surface area contributed by atoms with Crippen LogP contribution in [0.25, 0.3) is 11.0 Å². The van der Waals surface area contributed by atoms with Crippen LogP contribution in [0, 0.1) is 0 Å². The third-order valence-corrected chi connectivity index (χ3v) is 3.90. The van der Waals surface area contributed by atoms with Crippen molar-refractivity contribution >= 4 is 11.0 Å². The zero-order valence-electron chi connectivity index (χ0n) is 12.6. The van der Waals surface area contributed by atoms with Gasteiger partial charge in [-0.1, -0.05) is 0 Å². The summed E-state index contributed by atoms with van der Waals surface area (Å²) in [5.74, 6) is -1.83. The normalized spacial score (nSPS) is 29.7. The highest BCUT2D eigenvalue weighted by molar-refractivity contribution is 5.87. The molecule has 10 heteroatoms. The molecule has 1 aliphatic rings. The SMILES string of the molecule is O=c1ccc2cc(O)c(OC3OC(CO)C(O)C(O)C3O)c(O)c2o1. The molecule has 5 unspecified atom stereocenters. The Balaban J connectivity index is 1.98. The fourth-order valence-electron chi connectivity index (χ4n) is 2.56. The summed E-state index contributed by atoms with van der Waals surface area (Å²) in [6.07, 6.45) is -7.88. The van der Waals surface area contributed by atoms with E-state index in [4.69, 9.17) is 19.0 Å². The highest BCUT2D eigenvalue weighted by Crippen LogP contribution is 2.43. The molecule has 136 valence electrons. The maximum absolute atomic E-state index is 11.3. The molecule has 1 aromatic carbocycles. The first-order valence-electron chi connectivity index (χ1n) is 7.29. The van der Waals surface area contributed by atoms with Crippen molar-refractivity contribution in [3.8, 4) is 17.2 Å². The highest BCUT2D eigenvalue weighted by atomic mass is 16.7. The Morgan fingerprint density at radius 2 is 1.80 bits per heavy atom. The Morgan fingerprint density at radius 1 is 1.08 bits per heavy atom. The van der Waals surface area contributed by atoms with E-state index in [1.54, 1.807) is 0 Å². The van der Waals surface area contributed by atoms with Crippen molar-refractivity contribution in [3.63, 3.8) is 0 Å². The summed E-state index contributed by atoms with van der Waals surface area (Å²) >= 11 is 0. The van der Waals surface area contributed by atoms with Crippen molar-refractivity contribution in [2.24, 2.45) is 0 Å². The minimum Gasteiger partial charge on any atom is -0.504 e. The number of aliphatic hydroxyl groups is 4. The number of ether oxygens (including phenoxy) is 2. The standard InChI is InChI=1S/C15H16O10/c16-4-7-9(19)10(20)11(21)15(23-7)25-14-6(17)3-5-1-2-8(18)24-13(5)12(14)22/h1-3,7,9-11,15-17,19-22H,4H2. The Hall–Kier alpha value is -2.37.